The largest absolute Gasteiger partial charge is 0.493 e. The highest BCUT2D eigenvalue weighted by Gasteiger charge is 2.38. The minimum atomic E-state index is 0.0413. The van der Waals surface area contributed by atoms with Crippen LogP contribution in [0.4, 0.5) is 0 Å². The van der Waals surface area contributed by atoms with E-state index in [1.165, 1.54) is 5.56 Å². The van der Waals surface area contributed by atoms with E-state index in [1.807, 2.05) is 18.2 Å². The standard InChI is InChI=1S/C12H17NO2/c1-14-10-4-3-9(7-11(10)15-2)8-12(13)5-6-12/h3-4,7H,5-6,8,13H2,1-2H3. The van der Waals surface area contributed by atoms with Gasteiger partial charge in [0.2, 0.25) is 0 Å². The minimum absolute atomic E-state index is 0.0413. The van der Waals surface area contributed by atoms with Gasteiger partial charge in [0.1, 0.15) is 0 Å². The predicted octanol–water partition coefficient (Wildman–Crippen LogP) is 1.74. The third kappa shape index (κ3) is 2.23. The Morgan fingerprint density at radius 3 is 2.40 bits per heavy atom. The normalized spacial score (nSPS) is 17.3. The second-order valence-electron chi connectivity index (χ2n) is 4.23. The van der Waals surface area contributed by atoms with Crippen LogP contribution in [-0.2, 0) is 6.42 Å². The zero-order valence-electron chi connectivity index (χ0n) is 9.25. The van der Waals surface area contributed by atoms with E-state index in [-0.39, 0.29) is 5.54 Å². The fraction of sp³-hybridized carbons (Fsp3) is 0.500. The molecule has 2 rings (SSSR count). The van der Waals surface area contributed by atoms with Crippen molar-refractivity contribution in [1.82, 2.24) is 0 Å². The first-order valence-corrected chi connectivity index (χ1v) is 5.17. The molecular formula is C12H17NO2. The van der Waals surface area contributed by atoms with E-state index in [1.54, 1.807) is 14.2 Å². The molecular weight excluding hydrogens is 190 g/mol. The van der Waals surface area contributed by atoms with Gasteiger partial charge in [-0.2, -0.15) is 0 Å². The molecule has 0 radical (unpaired) electrons. The van der Waals surface area contributed by atoms with Gasteiger partial charge in [-0.25, -0.2) is 0 Å². The van der Waals surface area contributed by atoms with Crippen LogP contribution in [0.15, 0.2) is 18.2 Å². The van der Waals surface area contributed by atoms with Crippen LogP contribution in [0.1, 0.15) is 18.4 Å². The summed E-state index contributed by atoms with van der Waals surface area (Å²) in [5.74, 6) is 1.54. The summed E-state index contributed by atoms with van der Waals surface area (Å²) < 4.78 is 10.4. The van der Waals surface area contributed by atoms with E-state index in [2.05, 4.69) is 0 Å². The van der Waals surface area contributed by atoms with E-state index in [4.69, 9.17) is 15.2 Å². The Balaban J connectivity index is 2.18. The highest BCUT2D eigenvalue weighted by molar-refractivity contribution is 5.43. The first kappa shape index (κ1) is 10.3. The number of benzene rings is 1. The van der Waals surface area contributed by atoms with Crippen molar-refractivity contribution in [3.8, 4) is 11.5 Å². The Labute approximate surface area is 90.2 Å². The molecule has 15 heavy (non-hydrogen) atoms. The van der Waals surface area contributed by atoms with E-state index < -0.39 is 0 Å². The van der Waals surface area contributed by atoms with Crippen molar-refractivity contribution >= 4 is 0 Å². The molecule has 0 unspecified atom stereocenters. The van der Waals surface area contributed by atoms with Crippen molar-refractivity contribution in [2.75, 3.05) is 14.2 Å². The van der Waals surface area contributed by atoms with E-state index in [0.29, 0.717) is 0 Å². The van der Waals surface area contributed by atoms with Gasteiger partial charge in [0, 0.05) is 5.54 Å². The van der Waals surface area contributed by atoms with Gasteiger partial charge in [-0.1, -0.05) is 6.07 Å². The molecule has 0 aromatic heterocycles. The summed E-state index contributed by atoms with van der Waals surface area (Å²) >= 11 is 0. The Morgan fingerprint density at radius 1 is 1.20 bits per heavy atom. The monoisotopic (exact) mass is 207 g/mol. The molecule has 3 heteroatoms. The first-order chi connectivity index (χ1) is 7.17. The molecule has 0 bridgehead atoms. The van der Waals surface area contributed by atoms with Crippen LogP contribution in [0.2, 0.25) is 0 Å². The second kappa shape index (κ2) is 3.74. The van der Waals surface area contributed by atoms with Crippen molar-refractivity contribution in [3.05, 3.63) is 23.8 Å². The third-order valence-corrected chi connectivity index (χ3v) is 2.90. The maximum Gasteiger partial charge on any atom is 0.160 e. The van der Waals surface area contributed by atoms with E-state index >= 15 is 0 Å². The molecule has 0 amide bonds. The Bertz CT molecular complexity index is 359. The van der Waals surface area contributed by atoms with Crippen molar-refractivity contribution < 1.29 is 9.47 Å². The molecule has 2 N–H and O–H groups in total. The zero-order chi connectivity index (χ0) is 10.9. The van der Waals surface area contributed by atoms with Gasteiger partial charge in [-0.15, -0.1) is 0 Å². The van der Waals surface area contributed by atoms with Crippen LogP contribution in [-0.4, -0.2) is 19.8 Å². The van der Waals surface area contributed by atoms with Crippen LogP contribution in [0, 0.1) is 0 Å². The molecule has 1 aromatic carbocycles. The van der Waals surface area contributed by atoms with Gasteiger partial charge < -0.3 is 15.2 Å². The van der Waals surface area contributed by atoms with Gasteiger partial charge >= 0.3 is 0 Å². The van der Waals surface area contributed by atoms with Crippen LogP contribution in [0.3, 0.4) is 0 Å². The van der Waals surface area contributed by atoms with Crippen molar-refractivity contribution in [2.45, 2.75) is 24.8 Å². The van der Waals surface area contributed by atoms with E-state index in [9.17, 15) is 0 Å². The number of rotatable bonds is 4. The molecule has 1 aromatic rings. The summed E-state index contributed by atoms with van der Waals surface area (Å²) in [5.41, 5.74) is 7.33. The van der Waals surface area contributed by atoms with Crippen LogP contribution in [0.25, 0.3) is 0 Å². The third-order valence-electron chi connectivity index (χ3n) is 2.90. The van der Waals surface area contributed by atoms with Gasteiger partial charge in [0.05, 0.1) is 14.2 Å². The molecule has 82 valence electrons. The highest BCUT2D eigenvalue weighted by atomic mass is 16.5. The molecule has 0 heterocycles. The minimum Gasteiger partial charge on any atom is -0.493 e. The number of hydrogen-bond donors (Lipinski definition) is 1. The van der Waals surface area contributed by atoms with Crippen molar-refractivity contribution in [2.24, 2.45) is 5.73 Å². The Morgan fingerprint density at radius 2 is 1.87 bits per heavy atom. The molecule has 0 atom stereocenters. The van der Waals surface area contributed by atoms with Crippen LogP contribution < -0.4 is 15.2 Å². The van der Waals surface area contributed by atoms with Gasteiger partial charge in [0.25, 0.3) is 0 Å². The lowest BCUT2D eigenvalue weighted by molar-refractivity contribution is 0.354. The topological polar surface area (TPSA) is 44.5 Å². The maximum atomic E-state index is 6.07. The summed E-state index contributed by atoms with van der Waals surface area (Å²) in [7, 11) is 3.29. The first-order valence-electron chi connectivity index (χ1n) is 5.17. The van der Waals surface area contributed by atoms with Gasteiger partial charge in [-0.3, -0.25) is 0 Å². The van der Waals surface area contributed by atoms with Gasteiger partial charge in [0.15, 0.2) is 11.5 Å². The smallest absolute Gasteiger partial charge is 0.160 e. The molecule has 1 saturated carbocycles. The average Bonchev–Trinajstić information content (AvgIpc) is 2.96. The summed E-state index contributed by atoms with van der Waals surface area (Å²) in [6.45, 7) is 0. The molecule has 0 saturated heterocycles. The Hall–Kier alpha value is -1.22. The van der Waals surface area contributed by atoms with Gasteiger partial charge in [-0.05, 0) is 37.0 Å². The molecule has 0 spiro atoms. The molecule has 3 nitrogen and oxygen atoms in total. The summed E-state index contributed by atoms with van der Waals surface area (Å²) in [6, 6.07) is 5.99. The molecule has 1 aliphatic rings. The summed E-state index contributed by atoms with van der Waals surface area (Å²) in [5, 5.41) is 0. The zero-order valence-corrected chi connectivity index (χ0v) is 9.25. The number of ether oxygens (including phenoxy) is 2. The van der Waals surface area contributed by atoms with Crippen LogP contribution >= 0.6 is 0 Å². The molecule has 1 aliphatic carbocycles. The maximum absolute atomic E-state index is 6.07. The Kier molecular flexibility index (Phi) is 2.57. The van der Waals surface area contributed by atoms with E-state index in [0.717, 1.165) is 30.8 Å². The second-order valence-corrected chi connectivity index (χ2v) is 4.23. The van der Waals surface area contributed by atoms with Crippen molar-refractivity contribution in [1.29, 1.82) is 0 Å². The quantitative estimate of drug-likeness (QED) is 0.817. The molecule has 1 fully saturated rings. The fourth-order valence-electron chi connectivity index (χ4n) is 1.73. The number of hydrogen-bond acceptors (Lipinski definition) is 3. The fourth-order valence-corrected chi connectivity index (χ4v) is 1.73. The predicted molar refractivity (Wildman–Crippen MR) is 59.4 cm³/mol. The highest BCUT2D eigenvalue weighted by Crippen LogP contribution is 2.37. The lowest BCUT2D eigenvalue weighted by atomic mass is 10.0. The summed E-state index contributed by atoms with van der Waals surface area (Å²) in [6.07, 6.45) is 3.18. The van der Waals surface area contributed by atoms with Crippen LogP contribution in [0.5, 0.6) is 11.5 Å². The molecule has 0 aliphatic heterocycles. The average molecular weight is 207 g/mol. The SMILES string of the molecule is COc1ccc(CC2(N)CC2)cc1OC. The van der Waals surface area contributed by atoms with Crippen molar-refractivity contribution in [3.63, 3.8) is 0 Å². The summed E-state index contributed by atoms with van der Waals surface area (Å²) in [4.78, 5) is 0. The number of methoxy groups -OCH3 is 2. The number of nitrogens with two attached hydrogens (primary N) is 1. The lowest BCUT2D eigenvalue weighted by Crippen LogP contribution is -2.24. The lowest BCUT2D eigenvalue weighted by Gasteiger charge is -2.12.